The van der Waals surface area contributed by atoms with Crippen LogP contribution in [-0.4, -0.2) is 46.1 Å². The lowest BCUT2D eigenvalue weighted by atomic mass is 10.1. The molecule has 4 aromatic heterocycles. The fourth-order valence-corrected chi connectivity index (χ4v) is 4.47. The van der Waals surface area contributed by atoms with Crippen molar-refractivity contribution in [3.63, 3.8) is 0 Å². The summed E-state index contributed by atoms with van der Waals surface area (Å²) in [7, 11) is 3.54. The van der Waals surface area contributed by atoms with Gasteiger partial charge in [0.05, 0.1) is 37.4 Å². The SMILES string of the molecule is COc1ncnc(C2CC2)c1-c1ncc2ncc(=O)n(Cc3ccc(-c4nc(C)cn4C)cc3)c2n1. The van der Waals surface area contributed by atoms with Crippen LogP contribution in [0.3, 0.4) is 0 Å². The first-order valence-corrected chi connectivity index (χ1v) is 11.7. The maximum absolute atomic E-state index is 12.9. The Morgan fingerprint density at radius 3 is 2.53 bits per heavy atom. The number of aromatic nitrogens is 8. The molecule has 0 atom stereocenters. The fourth-order valence-electron chi connectivity index (χ4n) is 4.47. The Labute approximate surface area is 206 Å². The minimum absolute atomic E-state index is 0.241. The maximum atomic E-state index is 12.9. The molecule has 1 fully saturated rings. The van der Waals surface area contributed by atoms with Crippen LogP contribution >= 0.6 is 0 Å². The van der Waals surface area contributed by atoms with Crippen molar-refractivity contribution in [2.75, 3.05) is 7.11 Å². The van der Waals surface area contributed by atoms with E-state index in [-0.39, 0.29) is 5.56 Å². The molecule has 4 heterocycles. The number of aryl methyl sites for hydroxylation is 2. The van der Waals surface area contributed by atoms with Gasteiger partial charge in [-0.3, -0.25) is 9.36 Å². The highest BCUT2D eigenvalue weighted by atomic mass is 16.5. The number of rotatable bonds is 6. The maximum Gasteiger partial charge on any atom is 0.270 e. The minimum atomic E-state index is -0.241. The summed E-state index contributed by atoms with van der Waals surface area (Å²) in [5, 5.41) is 0. The summed E-state index contributed by atoms with van der Waals surface area (Å²) < 4.78 is 9.13. The van der Waals surface area contributed by atoms with Crippen molar-refractivity contribution in [3.05, 3.63) is 76.5 Å². The second-order valence-corrected chi connectivity index (χ2v) is 9.02. The number of ether oxygens (including phenoxy) is 1. The number of nitrogens with zero attached hydrogens (tertiary/aromatic N) is 8. The molecule has 36 heavy (non-hydrogen) atoms. The number of methoxy groups -OCH3 is 1. The van der Waals surface area contributed by atoms with E-state index in [1.165, 1.54) is 12.5 Å². The van der Waals surface area contributed by atoms with Gasteiger partial charge in [0, 0.05) is 24.7 Å². The highest BCUT2D eigenvalue weighted by molar-refractivity contribution is 5.74. The van der Waals surface area contributed by atoms with Crippen LogP contribution in [0.5, 0.6) is 5.88 Å². The lowest BCUT2D eigenvalue weighted by Gasteiger charge is -2.13. The average Bonchev–Trinajstić information content (AvgIpc) is 3.69. The molecule has 0 spiro atoms. The van der Waals surface area contributed by atoms with Gasteiger partial charge in [0.1, 0.15) is 23.2 Å². The van der Waals surface area contributed by atoms with Crippen LogP contribution in [-0.2, 0) is 13.6 Å². The number of benzene rings is 1. The van der Waals surface area contributed by atoms with Crippen molar-refractivity contribution in [3.8, 4) is 28.7 Å². The second kappa shape index (κ2) is 8.63. The van der Waals surface area contributed by atoms with Crippen molar-refractivity contribution < 1.29 is 4.74 Å². The Bertz CT molecular complexity index is 1650. The van der Waals surface area contributed by atoms with Crippen LogP contribution in [0, 0.1) is 6.92 Å². The third-order valence-electron chi connectivity index (χ3n) is 6.36. The van der Waals surface area contributed by atoms with Crippen LogP contribution in [0.25, 0.3) is 33.9 Å². The third-order valence-corrected chi connectivity index (χ3v) is 6.36. The van der Waals surface area contributed by atoms with Gasteiger partial charge in [-0.2, -0.15) is 0 Å². The zero-order valence-corrected chi connectivity index (χ0v) is 20.2. The van der Waals surface area contributed by atoms with E-state index in [0.29, 0.717) is 40.9 Å². The quantitative estimate of drug-likeness (QED) is 0.364. The van der Waals surface area contributed by atoms with Gasteiger partial charge < -0.3 is 9.30 Å². The van der Waals surface area contributed by atoms with Gasteiger partial charge in [0.15, 0.2) is 11.5 Å². The molecule has 0 bridgehead atoms. The van der Waals surface area contributed by atoms with Gasteiger partial charge in [-0.25, -0.2) is 29.9 Å². The summed E-state index contributed by atoms with van der Waals surface area (Å²) in [6.07, 6.45) is 8.54. The van der Waals surface area contributed by atoms with Gasteiger partial charge in [0.2, 0.25) is 5.88 Å². The van der Waals surface area contributed by atoms with Gasteiger partial charge in [0.25, 0.3) is 5.56 Å². The highest BCUT2D eigenvalue weighted by Crippen LogP contribution is 2.44. The second-order valence-electron chi connectivity index (χ2n) is 9.02. The Hall–Kier alpha value is -4.47. The van der Waals surface area contributed by atoms with Crippen molar-refractivity contribution in [2.45, 2.75) is 32.2 Å². The molecular formula is C26H24N8O2. The minimum Gasteiger partial charge on any atom is -0.480 e. The fraction of sp³-hybridized carbons (Fsp3) is 0.269. The molecule has 0 unspecified atom stereocenters. The summed E-state index contributed by atoms with van der Waals surface area (Å²) in [5.74, 6) is 2.08. The van der Waals surface area contributed by atoms with E-state index in [0.717, 1.165) is 41.2 Å². The Morgan fingerprint density at radius 2 is 1.83 bits per heavy atom. The molecule has 1 aromatic carbocycles. The molecule has 10 nitrogen and oxygen atoms in total. The first-order chi connectivity index (χ1) is 17.5. The number of hydrogen-bond acceptors (Lipinski definition) is 8. The van der Waals surface area contributed by atoms with Crippen LogP contribution in [0.15, 0.2) is 54.0 Å². The molecule has 0 aliphatic heterocycles. The standard InChI is InChI=1S/C26H24N8O2/c1-15-12-33(2)24(31-15)18-6-4-16(5-7-18)13-34-20(35)11-27-19-10-28-23(32-25(19)34)21-22(17-8-9-17)29-14-30-26(21)36-3/h4-7,10-12,14,17H,8-9,13H2,1-3H3. The van der Waals surface area contributed by atoms with Crippen molar-refractivity contribution in [1.82, 2.24) is 39.0 Å². The first-order valence-electron chi connectivity index (χ1n) is 11.7. The van der Waals surface area contributed by atoms with Crippen LogP contribution < -0.4 is 10.3 Å². The molecule has 6 rings (SSSR count). The first kappa shape index (κ1) is 22.0. The molecule has 0 amide bonds. The Balaban J connectivity index is 1.41. The van der Waals surface area contributed by atoms with E-state index < -0.39 is 0 Å². The topological polar surface area (TPSA) is 114 Å². The molecule has 180 valence electrons. The molecule has 1 saturated carbocycles. The van der Waals surface area contributed by atoms with Gasteiger partial charge in [-0.1, -0.05) is 24.3 Å². The van der Waals surface area contributed by atoms with Crippen LogP contribution in [0.2, 0.25) is 0 Å². The van der Waals surface area contributed by atoms with E-state index >= 15 is 0 Å². The largest absolute Gasteiger partial charge is 0.480 e. The lowest BCUT2D eigenvalue weighted by Crippen LogP contribution is -2.22. The zero-order chi connectivity index (χ0) is 24.8. The number of hydrogen-bond donors (Lipinski definition) is 0. The van der Waals surface area contributed by atoms with E-state index in [2.05, 4.69) is 24.9 Å². The molecular weight excluding hydrogens is 456 g/mol. The molecule has 0 saturated heterocycles. The smallest absolute Gasteiger partial charge is 0.270 e. The summed E-state index contributed by atoms with van der Waals surface area (Å²) in [6, 6.07) is 8.03. The molecule has 0 N–H and O–H groups in total. The summed E-state index contributed by atoms with van der Waals surface area (Å²) in [6.45, 7) is 2.31. The van der Waals surface area contributed by atoms with Crippen LogP contribution in [0.1, 0.15) is 35.7 Å². The van der Waals surface area contributed by atoms with E-state index in [1.807, 2.05) is 49.0 Å². The normalized spacial score (nSPS) is 13.3. The van der Waals surface area contributed by atoms with E-state index in [9.17, 15) is 4.79 Å². The molecule has 0 radical (unpaired) electrons. The summed E-state index contributed by atoms with van der Waals surface area (Å²) in [5.41, 5.74) is 5.21. The predicted molar refractivity (Wildman–Crippen MR) is 134 cm³/mol. The Kier molecular flexibility index (Phi) is 5.28. The van der Waals surface area contributed by atoms with Gasteiger partial charge >= 0.3 is 0 Å². The number of imidazole rings is 1. The Morgan fingerprint density at radius 1 is 1.03 bits per heavy atom. The monoisotopic (exact) mass is 480 g/mol. The van der Waals surface area contributed by atoms with E-state index in [4.69, 9.17) is 9.72 Å². The van der Waals surface area contributed by atoms with Crippen LogP contribution in [0.4, 0.5) is 0 Å². The lowest BCUT2D eigenvalue weighted by molar-refractivity contribution is 0.397. The zero-order valence-electron chi connectivity index (χ0n) is 20.2. The average molecular weight is 481 g/mol. The van der Waals surface area contributed by atoms with Crippen molar-refractivity contribution in [2.24, 2.45) is 7.05 Å². The summed E-state index contributed by atoms with van der Waals surface area (Å²) in [4.78, 5) is 39.8. The van der Waals surface area contributed by atoms with Gasteiger partial charge in [-0.15, -0.1) is 0 Å². The summed E-state index contributed by atoms with van der Waals surface area (Å²) >= 11 is 0. The molecule has 5 aromatic rings. The van der Waals surface area contributed by atoms with Gasteiger partial charge in [-0.05, 0) is 25.3 Å². The molecule has 1 aliphatic rings. The predicted octanol–water partition coefficient (Wildman–Crippen LogP) is 3.29. The van der Waals surface area contributed by atoms with E-state index in [1.54, 1.807) is 17.9 Å². The third kappa shape index (κ3) is 3.90. The highest BCUT2D eigenvalue weighted by Gasteiger charge is 2.31. The molecule has 10 heteroatoms. The molecule has 1 aliphatic carbocycles. The number of fused-ring (bicyclic) bond motifs is 1. The van der Waals surface area contributed by atoms with Crippen molar-refractivity contribution in [1.29, 1.82) is 0 Å². The van der Waals surface area contributed by atoms with Crippen molar-refractivity contribution >= 4 is 11.2 Å².